The zero-order valence-corrected chi connectivity index (χ0v) is 16.1. The third-order valence-corrected chi connectivity index (χ3v) is 4.18. The zero-order chi connectivity index (χ0) is 22.2. The van der Waals surface area contributed by atoms with Gasteiger partial charge in [0.15, 0.2) is 6.61 Å². The van der Waals surface area contributed by atoms with Gasteiger partial charge in [-0.2, -0.15) is 5.26 Å². The van der Waals surface area contributed by atoms with Gasteiger partial charge in [0.1, 0.15) is 11.6 Å². The number of hydrogen-bond acceptors (Lipinski definition) is 5. The van der Waals surface area contributed by atoms with Crippen molar-refractivity contribution >= 4 is 28.9 Å². The number of ether oxygens (including phenoxy) is 1. The first kappa shape index (κ1) is 21.2. The number of halogens is 1. The fraction of sp³-hybridized carbons (Fsp3) is 0.0435. The molecule has 0 fully saturated rings. The molecule has 0 bridgehead atoms. The minimum absolute atomic E-state index is 0.0960. The molecule has 0 aliphatic rings. The summed E-state index contributed by atoms with van der Waals surface area (Å²) in [7, 11) is 0. The molecular formula is C23H16FN3O4. The molecule has 0 saturated carbocycles. The second-order valence-corrected chi connectivity index (χ2v) is 6.39. The summed E-state index contributed by atoms with van der Waals surface area (Å²) in [6.07, 6.45) is 1.60. The SMILES string of the molecule is N#C/C(=C/c1ccc(OCC(=O)Nc2ccc(F)cc2)cc1)c1cccc([N+](=O)[O-])c1. The predicted octanol–water partition coefficient (Wildman–Crippen LogP) is 4.82. The molecule has 0 atom stereocenters. The van der Waals surface area contributed by atoms with E-state index in [2.05, 4.69) is 5.32 Å². The van der Waals surface area contributed by atoms with Gasteiger partial charge in [0, 0.05) is 17.8 Å². The van der Waals surface area contributed by atoms with Crippen molar-refractivity contribution in [1.29, 1.82) is 5.26 Å². The number of nitrogens with one attached hydrogen (secondary N) is 1. The average molecular weight is 417 g/mol. The van der Waals surface area contributed by atoms with Crippen LogP contribution in [0, 0.1) is 27.3 Å². The Labute approximate surface area is 177 Å². The monoisotopic (exact) mass is 417 g/mol. The maximum Gasteiger partial charge on any atom is 0.270 e. The number of nitriles is 1. The topological polar surface area (TPSA) is 105 Å². The van der Waals surface area contributed by atoms with Gasteiger partial charge in [0.05, 0.1) is 16.6 Å². The Morgan fingerprint density at radius 3 is 2.48 bits per heavy atom. The Bertz CT molecular complexity index is 1170. The molecule has 1 N–H and O–H groups in total. The van der Waals surface area contributed by atoms with Crippen LogP contribution in [-0.4, -0.2) is 17.4 Å². The third-order valence-electron chi connectivity index (χ3n) is 4.18. The van der Waals surface area contributed by atoms with Crippen molar-refractivity contribution < 1.29 is 18.8 Å². The minimum Gasteiger partial charge on any atom is -0.484 e. The summed E-state index contributed by atoms with van der Waals surface area (Å²) in [6, 6.07) is 19.9. The largest absolute Gasteiger partial charge is 0.484 e. The van der Waals surface area contributed by atoms with Crippen molar-refractivity contribution in [3.05, 3.63) is 99.9 Å². The van der Waals surface area contributed by atoms with Crippen molar-refractivity contribution in [2.75, 3.05) is 11.9 Å². The van der Waals surface area contributed by atoms with E-state index >= 15 is 0 Å². The lowest BCUT2D eigenvalue weighted by molar-refractivity contribution is -0.384. The number of carbonyl (C=O) groups excluding carboxylic acids is 1. The number of nitrogens with zero attached hydrogens (tertiary/aromatic N) is 2. The number of anilines is 1. The van der Waals surface area contributed by atoms with Crippen molar-refractivity contribution in [3.8, 4) is 11.8 Å². The number of allylic oxidation sites excluding steroid dienone is 1. The Kier molecular flexibility index (Phi) is 6.71. The lowest BCUT2D eigenvalue weighted by Gasteiger charge is -2.08. The molecule has 0 radical (unpaired) electrons. The van der Waals surface area contributed by atoms with Gasteiger partial charge >= 0.3 is 0 Å². The third kappa shape index (κ3) is 5.98. The molecule has 31 heavy (non-hydrogen) atoms. The molecule has 3 aromatic rings. The van der Waals surface area contributed by atoms with Gasteiger partial charge in [-0.15, -0.1) is 0 Å². The molecule has 0 heterocycles. The predicted molar refractivity (Wildman–Crippen MR) is 114 cm³/mol. The van der Waals surface area contributed by atoms with E-state index in [9.17, 15) is 24.6 Å². The van der Waals surface area contributed by atoms with Crippen LogP contribution in [0.2, 0.25) is 0 Å². The number of non-ortho nitro benzene ring substituents is 1. The molecular weight excluding hydrogens is 401 g/mol. The molecule has 3 rings (SSSR count). The van der Waals surface area contributed by atoms with Gasteiger partial charge in [-0.3, -0.25) is 14.9 Å². The second kappa shape index (κ2) is 9.80. The van der Waals surface area contributed by atoms with E-state index in [1.165, 1.54) is 42.5 Å². The highest BCUT2D eigenvalue weighted by Crippen LogP contribution is 2.23. The van der Waals surface area contributed by atoms with Crippen molar-refractivity contribution in [1.82, 2.24) is 0 Å². The lowest BCUT2D eigenvalue weighted by Crippen LogP contribution is -2.20. The van der Waals surface area contributed by atoms with Crippen LogP contribution < -0.4 is 10.1 Å². The van der Waals surface area contributed by atoms with Crippen LogP contribution in [0.25, 0.3) is 11.6 Å². The summed E-state index contributed by atoms with van der Waals surface area (Å²) in [6.45, 7) is -0.232. The van der Waals surface area contributed by atoms with E-state index in [1.807, 2.05) is 6.07 Å². The molecule has 8 heteroatoms. The number of benzene rings is 3. The van der Waals surface area contributed by atoms with E-state index in [4.69, 9.17) is 4.74 Å². The number of nitro benzene ring substituents is 1. The van der Waals surface area contributed by atoms with Gasteiger partial charge in [-0.25, -0.2) is 4.39 Å². The molecule has 0 saturated heterocycles. The molecule has 0 unspecified atom stereocenters. The van der Waals surface area contributed by atoms with Crippen LogP contribution >= 0.6 is 0 Å². The van der Waals surface area contributed by atoms with Crippen LogP contribution in [0.4, 0.5) is 15.8 Å². The Morgan fingerprint density at radius 2 is 1.84 bits per heavy atom. The molecule has 0 spiro atoms. The standard InChI is InChI=1S/C23H16FN3O4/c24-19-6-8-20(9-7-19)26-23(28)15-31-22-10-4-16(5-11-22)12-18(14-25)17-2-1-3-21(13-17)27(29)30/h1-13H,15H2,(H,26,28)/b18-12-. The maximum absolute atomic E-state index is 12.9. The molecule has 3 aromatic carbocycles. The summed E-state index contributed by atoms with van der Waals surface area (Å²) < 4.78 is 18.3. The summed E-state index contributed by atoms with van der Waals surface area (Å²) in [5.41, 5.74) is 1.76. The maximum atomic E-state index is 12.9. The highest BCUT2D eigenvalue weighted by Gasteiger charge is 2.09. The van der Waals surface area contributed by atoms with E-state index in [0.29, 0.717) is 22.6 Å². The van der Waals surface area contributed by atoms with Crippen LogP contribution in [0.15, 0.2) is 72.8 Å². The lowest BCUT2D eigenvalue weighted by atomic mass is 10.0. The first-order chi connectivity index (χ1) is 14.9. The number of rotatable bonds is 7. The molecule has 0 aromatic heterocycles. The number of carbonyl (C=O) groups is 1. The van der Waals surface area contributed by atoms with Crippen LogP contribution in [0.1, 0.15) is 11.1 Å². The van der Waals surface area contributed by atoms with Gasteiger partial charge < -0.3 is 10.1 Å². The summed E-state index contributed by atoms with van der Waals surface area (Å²) >= 11 is 0. The van der Waals surface area contributed by atoms with E-state index in [-0.39, 0.29) is 17.9 Å². The van der Waals surface area contributed by atoms with Crippen molar-refractivity contribution in [2.45, 2.75) is 0 Å². The molecule has 0 aliphatic heterocycles. The smallest absolute Gasteiger partial charge is 0.270 e. The summed E-state index contributed by atoms with van der Waals surface area (Å²) in [5.74, 6) is -0.346. The Morgan fingerprint density at radius 1 is 1.13 bits per heavy atom. The highest BCUT2D eigenvalue weighted by atomic mass is 19.1. The van der Waals surface area contributed by atoms with Crippen LogP contribution in [0.5, 0.6) is 5.75 Å². The first-order valence-electron chi connectivity index (χ1n) is 9.09. The van der Waals surface area contributed by atoms with Gasteiger partial charge in [0.2, 0.25) is 0 Å². The van der Waals surface area contributed by atoms with E-state index in [0.717, 1.165) is 0 Å². The number of hydrogen-bond donors (Lipinski definition) is 1. The molecule has 0 aliphatic carbocycles. The number of nitro groups is 1. The van der Waals surface area contributed by atoms with Crippen molar-refractivity contribution in [2.24, 2.45) is 0 Å². The Hall–Kier alpha value is -4.51. The van der Waals surface area contributed by atoms with Crippen LogP contribution in [-0.2, 0) is 4.79 Å². The molecule has 7 nitrogen and oxygen atoms in total. The summed E-state index contributed by atoms with van der Waals surface area (Å²) in [4.78, 5) is 22.3. The quantitative estimate of drug-likeness (QED) is 0.257. The fourth-order valence-electron chi connectivity index (χ4n) is 2.67. The number of amides is 1. The van der Waals surface area contributed by atoms with Gasteiger partial charge in [-0.1, -0.05) is 24.3 Å². The minimum atomic E-state index is -0.517. The normalized spacial score (nSPS) is 10.8. The first-order valence-corrected chi connectivity index (χ1v) is 9.09. The second-order valence-electron chi connectivity index (χ2n) is 6.39. The zero-order valence-electron chi connectivity index (χ0n) is 16.1. The summed E-state index contributed by atoms with van der Waals surface area (Å²) in [5, 5.41) is 23.0. The highest BCUT2D eigenvalue weighted by molar-refractivity contribution is 5.92. The van der Waals surface area contributed by atoms with E-state index < -0.39 is 16.6 Å². The molecule has 154 valence electrons. The van der Waals surface area contributed by atoms with Crippen LogP contribution in [0.3, 0.4) is 0 Å². The molecule has 1 amide bonds. The van der Waals surface area contributed by atoms with Crippen molar-refractivity contribution in [3.63, 3.8) is 0 Å². The fourth-order valence-corrected chi connectivity index (χ4v) is 2.67. The van der Waals surface area contributed by atoms with E-state index in [1.54, 1.807) is 36.4 Å². The average Bonchev–Trinajstić information content (AvgIpc) is 2.78. The Balaban J connectivity index is 1.63. The van der Waals surface area contributed by atoms with Gasteiger partial charge in [-0.05, 0) is 53.6 Å². The van der Waals surface area contributed by atoms with Gasteiger partial charge in [0.25, 0.3) is 11.6 Å².